The predicted molar refractivity (Wildman–Crippen MR) is 99.8 cm³/mol. The maximum Gasteiger partial charge on any atom is 0.251 e. The smallest absolute Gasteiger partial charge is 0.251 e. The van der Waals surface area contributed by atoms with Crippen molar-refractivity contribution in [1.29, 1.82) is 0 Å². The Labute approximate surface area is 157 Å². The Kier molecular flexibility index (Phi) is 4.64. The molecule has 1 aliphatic carbocycles. The Morgan fingerprint density at radius 3 is 2.89 bits per heavy atom. The monoisotopic (exact) mass is 367 g/mol. The molecule has 1 aromatic heterocycles. The molecule has 2 aromatic rings. The first-order chi connectivity index (χ1) is 13.1. The van der Waals surface area contributed by atoms with E-state index >= 15 is 0 Å². The maximum absolute atomic E-state index is 13.4. The summed E-state index contributed by atoms with van der Waals surface area (Å²) in [6.45, 7) is 0.653. The third-order valence-electron chi connectivity index (χ3n) is 5.71. The topological polar surface area (TPSA) is 62.3 Å². The van der Waals surface area contributed by atoms with Crippen LogP contribution in [0.1, 0.15) is 42.5 Å². The van der Waals surface area contributed by atoms with Crippen LogP contribution in [0.2, 0.25) is 0 Å². The van der Waals surface area contributed by atoms with E-state index in [1.54, 1.807) is 17.2 Å². The Morgan fingerprint density at radius 1 is 1.22 bits per heavy atom. The van der Waals surface area contributed by atoms with Crippen molar-refractivity contribution in [2.45, 2.75) is 38.1 Å². The van der Waals surface area contributed by atoms with Gasteiger partial charge in [0.25, 0.3) is 5.91 Å². The average Bonchev–Trinajstić information content (AvgIpc) is 2.98. The van der Waals surface area contributed by atoms with E-state index in [9.17, 15) is 14.0 Å². The van der Waals surface area contributed by atoms with E-state index in [-0.39, 0.29) is 17.9 Å². The van der Waals surface area contributed by atoms with Crippen LogP contribution in [0.5, 0.6) is 0 Å². The Hall–Kier alpha value is -2.76. The van der Waals surface area contributed by atoms with Gasteiger partial charge in [-0.25, -0.2) is 9.37 Å². The van der Waals surface area contributed by atoms with Gasteiger partial charge in [0, 0.05) is 24.3 Å². The molecule has 1 aromatic carbocycles. The summed E-state index contributed by atoms with van der Waals surface area (Å²) in [7, 11) is 0. The van der Waals surface area contributed by atoms with Gasteiger partial charge in [0.2, 0.25) is 5.91 Å². The lowest BCUT2D eigenvalue weighted by atomic mass is 9.71. The van der Waals surface area contributed by atoms with Crippen molar-refractivity contribution in [3.8, 4) is 0 Å². The SMILES string of the molecule is O=C(N[C@H]1CCC[C@]2(CCN(c3ccccn3)C2=O)C1)c1cccc(F)c1. The van der Waals surface area contributed by atoms with E-state index in [2.05, 4.69) is 10.3 Å². The van der Waals surface area contributed by atoms with Crippen molar-refractivity contribution in [2.24, 2.45) is 5.41 Å². The van der Waals surface area contributed by atoms with Crippen molar-refractivity contribution in [3.63, 3.8) is 0 Å². The quantitative estimate of drug-likeness (QED) is 0.905. The zero-order valence-corrected chi connectivity index (χ0v) is 15.0. The third-order valence-corrected chi connectivity index (χ3v) is 5.71. The molecule has 2 amide bonds. The van der Waals surface area contributed by atoms with Crippen LogP contribution in [-0.4, -0.2) is 29.4 Å². The highest BCUT2D eigenvalue weighted by Crippen LogP contribution is 2.45. The van der Waals surface area contributed by atoms with Crippen LogP contribution in [0, 0.1) is 11.2 Å². The molecule has 1 aliphatic heterocycles. The van der Waals surface area contributed by atoms with Crippen LogP contribution < -0.4 is 10.2 Å². The summed E-state index contributed by atoms with van der Waals surface area (Å²) in [4.78, 5) is 31.7. The molecule has 5 nitrogen and oxygen atoms in total. The van der Waals surface area contributed by atoms with Crippen molar-refractivity contribution < 1.29 is 14.0 Å². The van der Waals surface area contributed by atoms with Crippen LogP contribution in [0.4, 0.5) is 10.2 Å². The van der Waals surface area contributed by atoms with E-state index in [1.165, 1.54) is 18.2 Å². The van der Waals surface area contributed by atoms with Gasteiger partial charge in [-0.1, -0.05) is 18.6 Å². The van der Waals surface area contributed by atoms with Gasteiger partial charge in [-0.05, 0) is 56.0 Å². The van der Waals surface area contributed by atoms with Gasteiger partial charge in [-0.15, -0.1) is 0 Å². The molecule has 0 unspecified atom stereocenters. The highest BCUT2D eigenvalue weighted by Gasteiger charge is 2.49. The molecule has 1 saturated heterocycles. The third kappa shape index (κ3) is 3.44. The molecule has 1 saturated carbocycles. The number of nitrogens with one attached hydrogen (secondary N) is 1. The van der Waals surface area contributed by atoms with E-state index in [0.717, 1.165) is 25.7 Å². The number of carbonyl (C=O) groups excluding carboxylic acids is 2. The van der Waals surface area contributed by atoms with Crippen molar-refractivity contribution in [2.75, 3.05) is 11.4 Å². The van der Waals surface area contributed by atoms with E-state index in [1.807, 2.05) is 18.2 Å². The lowest BCUT2D eigenvalue weighted by Gasteiger charge is -2.36. The number of pyridine rings is 1. The van der Waals surface area contributed by atoms with Crippen LogP contribution in [0.15, 0.2) is 48.7 Å². The summed E-state index contributed by atoms with van der Waals surface area (Å²) in [6, 6.07) is 11.2. The zero-order chi connectivity index (χ0) is 18.9. The number of rotatable bonds is 3. The molecule has 1 N–H and O–H groups in total. The minimum absolute atomic E-state index is 0.0813. The second-order valence-corrected chi connectivity index (χ2v) is 7.45. The summed E-state index contributed by atoms with van der Waals surface area (Å²) in [5.74, 6) is 0.0690. The Bertz CT molecular complexity index is 858. The van der Waals surface area contributed by atoms with E-state index < -0.39 is 11.2 Å². The van der Waals surface area contributed by atoms with Crippen LogP contribution in [0.25, 0.3) is 0 Å². The van der Waals surface area contributed by atoms with Crippen molar-refractivity contribution in [3.05, 3.63) is 60.0 Å². The standard InChI is InChI=1S/C21H22FN3O2/c22-16-6-3-5-15(13-16)19(26)24-17-7-4-9-21(14-17)10-12-25(20(21)27)18-8-1-2-11-23-18/h1-3,5-6,8,11,13,17H,4,7,9-10,12,14H2,(H,24,26)/t17-,21-/m0/s1. The fourth-order valence-electron chi connectivity index (χ4n) is 4.36. The van der Waals surface area contributed by atoms with Crippen LogP contribution >= 0.6 is 0 Å². The first kappa shape index (κ1) is 17.6. The number of nitrogens with zero attached hydrogens (tertiary/aromatic N) is 2. The lowest BCUT2D eigenvalue weighted by molar-refractivity contribution is -0.127. The number of amides is 2. The zero-order valence-electron chi connectivity index (χ0n) is 15.0. The molecule has 27 heavy (non-hydrogen) atoms. The Balaban J connectivity index is 1.46. The molecule has 2 atom stereocenters. The molecule has 4 rings (SSSR count). The molecule has 6 heteroatoms. The lowest BCUT2D eigenvalue weighted by Crippen LogP contribution is -2.46. The molecule has 2 aliphatic rings. The first-order valence-corrected chi connectivity index (χ1v) is 9.37. The largest absolute Gasteiger partial charge is 0.349 e. The van der Waals surface area contributed by atoms with Crippen molar-refractivity contribution >= 4 is 17.6 Å². The normalized spacial score (nSPS) is 25.0. The molecule has 1 spiro atoms. The fraction of sp³-hybridized carbons (Fsp3) is 0.381. The minimum atomic E-state index is -0.435. The molecule has 0 radical (unpaired) electrons. The molecular formula is C21H22FN3O2. The van der Waals surface area contributed by atoms with E-state index in [0.29, 0.717) is 24.3 Å². The predicted octanol–water partition coefficient (Wildman–Crippen LogP) is 3.32. The summed E-state index contributed by atoms with van der Waals surface area (Å²) in [6.07, 6.45) is 5.64. The highest BCUT2D eigenvalue weighted by molar-refractivity contribution is 5.99. The summed E-state index contributed by atoms with van der Waals surface area (Å²) in [5.41, 5.74) is -0.127. The average molecular weight is 367 g/mol. The minimum Gasteiger partial charge on any atom is -0.349 e. The number of hydrogen-bond acceptors (Lipinski definition) is 3. The molecular weight excluding hydrogens is 345 g/mol. The molecule has 2 heterocycles. The number of carbonyl (C=O) groups is 2. The fourth-order valence-corrected chi connectivity index (χ4v) is 4.36. The van der Waals surface area contributed by atoms with Gasteiger partial charge < -0.3 is 5.32 Å². The molecule has 0 bridgehead atoms. The molecule has 2 fully saturated rings. The number of hydrogen-bond donors (Lipinski definition) is 1. The summed E-state index contributed by atoms with van der Waals surface area (Å²) >= 11 is 0. The number of halogens is 1. The molecule has 140 valence electrons. The summed E-state index contributed by atoms with van der Waals surface area (Å²) < 4.78 is 13.4. The summed E-state index contributed by atoms with van der Waals surface area (Å²) in [5, 5.41) is 3.00. The van der Waals surface area contributed by atoms with Crippen LogP contribution in [0.3, 0.4) is 0 Å². The van der Waals surface area contributed by atoms with E-state index in [4.69, 9.17) is 0 Å². The first-order valence-electron chi connectivity index (χ1n) is 9.37. The van der Waals surface area contributed by atoms with Gasteiger partial charge >= 0.3 is 0 Å². The second-order valence-electron chi connectivity index (χ2n) is 7.45. The number of aromatic nitrogens is 1. The van der Waals surface area contributed by atoms with Crippen LogP contribution in [-0.2, 0) is 4.79 Å². The highest BCUT2D eigenvalue weighted by atomic mass is 19.1. The van der Waals surface area contributed by atoms with Gasteiger partial charge in [-0.2, -0.15) is 0 Å². The second kappa shape index (κ2) is 7.10. The maximum atomic E-state index is 13.4. The Morgan fingerprint density at radius 2 is 2.11 bits per heavy atom. The van der Waals surface area contributed by atoms with Gasteiger partial charge in [0.05, 0.1) is 5.41 Å². The number of anilines is 1. The van der Waals surface area contributed by atoms with Gasteiger partial charge in [0.15, 0.2) is 0 Å². The number of benzene rings is 1. The van der Waals surface area contributed by atoms with Gasteiger partial charge in [0.1, 0.15) is 11.6 Å². The van der Waals surface area contributed by atoms with Gasteiger partial charge in [-0.3, -0.25) is 14.5 Å². The van der Waals surface area contributed by atoms with Crippen molar-refractivity contribution in [1.82, 2.24) is 10.3 Å².